The number of nitrogens with zero attached hydrogens (tertiary/aromatic N) is 4. The fourth-order valence-corrected chi connectivity index (χ4v) is 4.11. The second-order valence-corrected chi connectivity index (χ2v) is 7.74. The highest BCUT2D eigenvalue weighted by Crippen LogP contribution is 2.25. The summed E-state index contributed by atoms with van der Waals surface area (Å²) < 4.78 is 1.71. The van der Waals surface area contributed by atoms with Crippen LogP contribution in [0, 0.1) is 5.92 Å². The monoisotopic (exact) mass is 395 g/mol. The van der Waals surface area contributed by atoms with Crippen LogP contribution in [0.3, 0.4) is 0 Å². The van der Waals surface area contributed by atoms with Crippen LogP contribution in [0.25, 0.3) is 10.6 Å². The lowest BCUT2D eigenvalue weighted by molar-refractivity contribution is -0.121. The summed E-state index contributed by atoms with van der Waals surface area (Å²) in [5.74, 6) is -0.379. The summed E-state index contributed by atoms with van der Waals surface area (Å²) in [7, 11) is 1.84. The number of carbonyl (C=O) groups excluding carboxylic acids is 2. The van der Waals surface area contributed by atoms with Gasteiger partial charge in [0.1, 0.15) is 10.7 Å². The molecule has 2 aromatic heterocycles. The predicted octanol–water partition coefficient (Wildman–Crippen LogP) is 3.03. The molecule has 144 valence electrons. The minimum atomic E-state index is -0.214. The van der Waals surface area contributed by atoms with Gasteiger partial charge in [0.05, 0.1) is 12.1 Å². The van der Waals surface area contributed by atoms with Gasteiger partial charge in [-0.05, 0) is 25.0 Å². The first-order chi connectivity index (χ1) is 13.6. The van der Waals surface area contributed by atoms with Crippen LogP contribution in [-0.4, -0.2) is 44.6 Å². The zero-order valence-electron chi connectivity index (χ0n) is 15.5. The van der Waals surface area contributed by atoms with Crippen molar-refractivity contribution in [3.63, 3.8) is 0 Å². The largest absolute Gasteiger partial charge is 0.336 e. The highest BCUT2D eigenvalue weighted by Gasteiger charge is 2.30. The van der Waals surface area contributed by atoms with Gasteiger partial charge in [-0.25, -0.2) is 4.98 Å². The van der Waals surface area contributed by atoms with Crippen molar-refractivity contribution in [1.82, 2.24) is 19.7 Å². The van der Waals surface area contributed by atoms with Crippen molar-refractivity contribution in [1.29, 1.82) is 0 Å². The van der Waals surface area contributed by atoms with E-state index in [1.165, 1.54) is 11.3 Å². The maximum absolute atomic E-state index is 12.9. The van der Waals surface area contributed by atoms with E-state index in [1.807, 2.05) is 43.6 Å². The summed E-state index contributed by atoms with van der Waals surface area (Å²) in [5.41, 5.74) is 2.09. The maximum atomic E-state index is 12.9. The SMILES string of the molecule is Cn1cc(-c2nc(C(=O)N3CCCC(C(=O)Nc4ccccc4)C3)cs2)cn1. The Bertz CT molecular complexity index is 981. The summed E-state index contributed by atoms with van der Waals surface area (Å²) in [5, 5.41) is 9.63. The van der Waals surface area contributed by atoms with E-state index in [0.717, 1.165) is 29.1 Å². The molecule has 0 saturated carbocycles. The quantitative estimate of drug-likeness (QED) is 0.736. The van der Waals surface area contributed by atoms with E-state index in [2.05, 4.69) is 15.4 Å². The van der Waals surface area contributed by atoms with Crippen molar-refractivity contribution in [3.8, 4) is 10.6 Å². The third kappa shape index (κ3) is 3.96. The fourth-order valence-electron chi connectivity index (χ4n) is 3.34. The number of rotatable bonds is 4. The normalized spacial score (nSPS) is 16.8. The number of thiazole rings is 1. The van der Waals surface area contributed by atoms with Gasteiger partial charge in [0.15, 0.2) is 0 Å². The van der Waals surface area contributed by atoms with E-state index in [0.29, 0.717) is 18.8 Å². The second-order valence-electron chi connectivity index (χ2n) is 6.89. The lowest BCUT2D eigenvalue weighted by Gasteiger charge is -2.31. The first kappa shape index (κ1) is 18.4. The maximum Gasteiger partial charge on any atom is 0.273 e. The Labute approximate surface area is 167 Å². The van der Waals surface area contributed by atoms with Crippen LogP contribution in [0.2, 0.25) is 0 Å². The van der Waals surface area contributed by atoms with Crippen molar-refractivity contribution in [2.45, 2.75) is 12.8 Å². The number of likely N-dealkylation sites (tertiary alicyclic amines) is 1. The van der Waals surface area contributed by atoms with E-state index < -0.39 is 0 Å². The molecule has 1 aromatic carbocycles. The standard InChI is InChI=1S/C20H21N5O2S/c1-24-11-15(10-21-24)19-23-17(13-28-19)20(27)25-9-5-6-14(12-25)18(26)22-16-7-3-2-4-8-16/h2-4,7-8,10-11,13-14H,5-6,9,12H2,1H3,(H,22,26). The van der Waals surface area contributed by atoms with Crippen LogP contribution < -0.4 is 5.32 Å². The van der Waals surface area contributed by atoms with E-state index >= 15 is 0 Å². The van der Waals surface area contributed by atoms with Crippen molar-refractivity contribution < 1.29 is 9.59 Å². The Morgan fingerprint density at radius 1 is 1.25 bits per heavy atom. The van der Waals surface area contributed by atoms with Gasteiger partial charge in [0, 0.05) is 43.0 Å². The van der Waals surface area contributed by atoms with Gasteiger partial charge in [0.25, 0.3) is 5.91 Å². The second kappa shape index (κ2) is 7.93. The van der Waals surface area contributed by atoms with Crippen molar-refractivity contribution in [3.05, 3.63) is 53.8 Å². The number of nitrogens with one attached hydrogen (secondary N) is 1. The van der Waals surface area contributed by atoms with Crippen LogP contribution >= 0.6 is 11.3 Å². The predicted molar refractivity (Wildman–Crippen MR) is 108 cm³/mol. The van der Waals surface area contributed by atoms with Gasteiger partial charge in [-0.2, -0.15) is 5.10 Å². The molecule has 3 aromatic rings. The van der Waals surface area contributed by atoms with Crippen LogP contribution in [0.4, 0.5) is 5.69 Å². The van der Waals surface area contributed by atoms with E-state index in [-0.39, 0.29) is 17.7 Å². The molecule has 1 atom stereocenters. The highest BCUT2D eigenvalue weighted by molar-refractivity contribution is 7.13. The number of para-hydroxylation sites is 1. The molecule has 1 aliphatic rings. The third-order valence-corrected chi connectivity index (χ3v) is 5.69. The van der Waals surface area contributed by atoms with Gasteiger partial charge in [-0.3, -0.25) is 14.3 Å². The minimum Gasteiger partial charge on any atom is -0.336 e. The molecule has 8 heteroatoms. The number of aromatic nitrogens is 3. The number of benzene rings is 1. The molecule has 0 radical (unpaired) electrons. The Kier molecular flexibility index (Phi) is 5.21. The number of anilines is 1. The molecule has 1 unspecified atom stereocenters. The number of piperidine rings is 1. The first-order valence-corrected chi connectivity index (χ1v) is 10.1. The number of hydrogen-bond acceptors (Lipinski definition) is 5. The zero-order valence-corrected chi connectivity index (χ0v) is 16.4. The zero-order chi connectivity index (χ0) is 19.5. The van der Waals surface area contributed by atoms with E-state index in [4.69, 9.17) is 0 Å². The molecule has 3 heterocycles. The Morgan fingerprint density at radius 3 is 2.82 bits per heavy atom. The average molecular weight is 395 g/mol. The summed E-state index contributed by atoms with van der Waals surface area (Å²) >= 11 is 1.43. The molecule has 4 rings (SSSR count). The van der Waals surface area contributed by atoms with Gasteiger partial charge >= 0.3 is 0 Å². The van der Waals surface area contributed by atoms with Crippen LogP contribution in [0.5, 0.6) is 0 Å². The molecule has 0 aliphatic carbocycles. The van der Waals surface area contributed by atoms with Crippen molar-refractivity contribution >= 4 is 28.8 Å². The summed E-state index contributed by atoms with van der Waals surface area (Å²) in [6.45, 7) is 1.06. The van der Waals surface area contributed by atoms with E-state index in [9.17, 15) is 9.59 Å². The number of hydrogen-bond donors (Lipinski definition) is 1. The molecular weight excluding hydrogens is 374 g/mol. The molecule has 1 N–H and O–H groups in total. The Hall–Kier alpha value is -3.00. The van der Waals surface area contributed by atoms with Crippen molar-refractivity contribution in [2.75, 3.05) is 18.4 Å². The molecule has 28 heavy (non-hydrogen) atoms. The van der Waals surface area contributed by atoms with Gasteiger partial charge < -0.3 is 10.2 Å². The summed E-state index contributed by atoms with van der Waals surface area (Å²) in [6.07, 6.45) is 5.19. The first-order valence-electron chi connectivity index (χ1n) is 9.20. The van der Waals surface area contributed by atoms with E-state index in [1.54, 1.807) is 21.2 Å². The molecule has 7 nitrogen and oxygen atoms in total. The smallest absolute Gasteiger partial charge is 0.273 e. The van der Waals surface area contributed by atoms with Gasteiger partial charge in [-0.1, -0.05) is 18.2 Å². The topological polar surface area (TPSA) is 80.1 Å². The van der Waals surface area contributed by atoms with Crippen LogP contribution in [0.1, 0.15) is 23.3 Å². The van der Waals surface area contributed by atoms with Gasteiger partial charge in [0.2, 0.25) is 5.91 Å². The van der Waals surface area contributed by atoms with Crippen molar-refractivity contribution in [2.24, 2.45) is 13.0 Å². The van der Waals surface area contributed by atoms with Gasteiger partial charge in [-0.15, -0.1) is 11.3 Å². The minimum absolute atomic E-state index is 0.0435. The third-order valence-electron chi connectivity index (χ3n) is 4.80. The number of carbonyl (C=O) groups is 2. The Balaban J connectivity index is 1.42. The van der Waals surface area contributed by atoms with Crippen LogP contribution in [0.15, 0.2) is 48.1 Å². The Morgan fingerprint density at radius 2 is 2.07 bits per heavy atom. The summed E-state index contributed by atoms with van der Waals surface area (Å²) in [4.78, 5) is 31.7. The molecule has 2 amide bonds. The molecule has 1 saturated heterocycles. The molecule has 1 aliphatic heterocycles. The summed E-state index contributed by atoms with van der Waals surface area (Å²) in [6, 6.07) is 9.39. The number of aryl methyl sites for hydroxylation is 1. The molecule has 1 fully saturated rings. The average Bonchev–Trinajstić information content (AvgIpc) is 3.37. The number of amides is 2. The molecule has 0 bridgehead atoms. The fraction of sp³-hybridized carbons (Fsp3) is 0.300. The van der Waals surface area contributed by atoms with Crippen LogP contribution in [-0.2, 0) is 11.8 Å². The lowest BCUT2D eigenvalue weighted by Crippen LogP contribution is -2.43. The lowest BCUT2D eigenvalue weighted by atomic mass is 9.96. The highest BCUT2D eigenvalue weighted by atomic mass is 32.1. The molecular formula is C20H21N5O2S. The molecule has 0 spiro atoms.